The third-order valence-corrected chi connectivity index (χ3v) is 5.37. The Hall–Kier alpha value is -3.58. The Balaban J connectivity index is 1.39. The molecule has 7 heteroatoms. The second kappa shape index (κ2) is 9.06. The number of ether oxygens (including phenoxy) is 1. The standard InChI is InChI=1S/C24H18F2N2O2S/c1-15-2-6-20(7-3-15)27-23(29)22-14-31-24(28-22)17-4-8-21(9-5-17)30-13-16-10-18(25)12-19(26)11-16/h2-12,14H,13H2,1H3,(H,27,29). The Morgan fingerprint density at radius 1 is 1.00 bits per heavy atom. The van der Waals surface area contributed by atoms with Crippen LogP contribution in [0.4, 0.5) is 14.5 Å². The third kappa shape index (κ3) is 5.32. The summed E-state index contributed by atoms with van der Waals surface area (Å²) in [7, 11) is 0. The van der Waals surface area contributed by atoms with E-state index in [4.69, 9.17) is 4.74 Å². The summed E-state index contributed by atoms with van der Waals surface area (Å²) < 4.78 is 32.1. The van der Waals surface area contributed by atoms with Gasteiger partial charge in [-0.25, -0.2) is 13.8 Å². The fourth-order valence-electron chi connectivity index (χ4n) is 2.90. The van der Waals surface area contributed by atoms with Crippen LogP contribution in [-0.2, 0) is 6.61 Å². The average molecular weight is 436 g/mol. The van der Waals surface area contributed by atoms with Gasteiger partial charge in [0.1, 0.15) is 34.7 Å². The molecule has 0 saturated carbocycles. The van der Waals surface area contributed by atoms with Crippen molar-refractivity contribution in [1.82, 2.24) is 4.98 Å². The number of nitrogens with one attached hydrogen (secondary N) is 1. The molecule has 0 saturated heterocycles. The SMILES string of the molecule is Cc1ccc(NC(=O)c2csc(-c3ccc(OCc4cc(F)cc(F)c4)cc3)n2)cc1. The summed E-state index contributed by atoms with van der Waals surface area (Å²) in [5.74, 6) is -0.990. The van der Waals surface area contributed by atoms with E-state index in [1.54, 1.807) is 17.5 Å². The zero-order valence-corrected chi connectivity index (χ0v) is 17.4. The first kappa shape index (κ1) is 20.7. The molecule has 0 radical (unpaired) electrons. The van der Waals surface area contributed by atoms with E-state index in [-0.39, 0.29) is 12.5 Å². The van der Waals surface area contributed by atoms with Crippen molar-refractivity contribution in [3.63, 3.8) is 0 Å². The number of carbonyl (C=O) groups excluding carboxylic acids is 1. The van der Waals surface area contributed by atoms with Gasteiger partial charge in [-0.05, 0) is 61.0 Å². The number of nitrogens with zero attached hydrogens (tertiary/aromatic N) is 1. The molecule has 1 N–H and O–H groups in total. The lowest BCUT2D eigenvalue weighted by Crippen LogP contribution is -2.12. The molecule has 3 aromatic carbocycles. The molecule has 4 rings (SSSR count). The van der Waals surface area contributed by atoms with Gasteiger partial charge in [-0.2, -0.15) is 0 Å². The molecule has 0 aliphatic rings. The first-order chi connectivity index (χ1) is 15.0. The predicted octanol–water partition coefficient (Wildman–Crippen LogP) is 6.23. The molecule has 0 spiro atoms. The number of thiazole rings is 1. The van der Waals surface area contributed by atoms with Gasteiger partial charge in [0.25, 0.3) is 5.91 Å². The van der Waals surface area contributed by atoms with Gasteiger partial charge >= 0.3 is 0 Å². The van der Waals surface area contributed by atoms with Crippen LogP contribution in [0.2, 0.25) is 0 Å². The maximum absolute atomic E-state index is 13.3. The summed E-state index contributed by atoms with van der Waals surface area (Å²) in [6, 6.07) is 18.0. The van der Waals surface area contributed by atoms with Crippen LogP contribution in [0, 0.1) is 18.6 Å². The maximum Gasteiger partial charge on any atom is 0.275 e. The molecule has 4 aromatic rings. The molecular formula is C24H18F2N2O2S. The van der Waals surface area contributed by atoms with Gasteiger partial charge < -0.3 is 10.1 Å². The lowest BCUT2D eigenvalue weighted by atomic mass is 10.2. The van der Waals surface area contributed by atoms with Crippen LogP contribution in [-0.4, -0.2) is 10.9 Å². The van der Waals surface area contributed by atoms with E-state index in [1.807, 2.05) is 43.3 Å². The van der Waals surface area contributed by atoms with Crippen molar-refractivity contribution >= 4 is 22.9 Å². The van der Waals surface area contributed by atoms with E-state index in [1.165, 1.54) is 23.5 Å². The largest absolute Gasteiger partial charge is 0.489 e. The molecule has 0 fully saturated rings. The highest BCUT2D eigenvalue weighted by Gasteiger charge is 2.12. The van der Waals surface area contributed by atoms with Crippen molar-refractivity contribution in [2.75, 3.05) is 5.32 Å². The number of benzene rings is 3. The molecular weight excluding hydrogens is 418 g/mol. The van der Waals surface area contributed by atoms with Gasteiger partial charge in [-0.3, -0.25) is 4.79 Å². The molecule has 31 heavy (non-hydrogen) atoms. The Bertz CT molecular complexity index is 1180. The minimum absolute atomic E-state index is 0.0502. The molecule has 1 amide bonds. The molecule has 156 valence electrons. The molecule has 0 unspecified atom stereocenters. The van der Waals surface area contributed by atoms with Gasteiger partial charge in [0.2, 0.25) is 0 Å². The third-order valence-electron chi connectivity index (χ3n) is 4.48. The van der Waals surface area contributed by atoms with Crippen LogP contribution < -0.4 is 10.1 Å². The lowest BCUT2D eigenvalue weighted by Gasteiger charge is -2.07. The zero-order chi connectivity index (χ0) is 21.8. The predicted molar refractivity (Wildman–Crippen MR) is 117 cm³/mol. The second-order valence-electron chi connectivity index (χ2n) is 6.95. The number of hydrogen-bond donors (Lipinski definition) is 1. The van der Waals surface area contributed by atoms with E-state index in [2.05, 4.69) is 10.3 Å². The number of carbonyl (C=O) groups is 1. The highest BCUT2D eigenvalue weighted by molar-refractivity contribution is 7.13. The Labute approximate surface area is 182 Å². The van der Waals surface area contributed by atoms with Crippen LogP contribution in [0.15, 0.2) is 72.1 Å². The average Bonchev–Trinajstić information content (AvgIpc) is 3.24. The van der Waals surface area contributed by atoms with Crippen LogP contribution in [0.25, 0.3) is 10.6 Å². The fraction of sp³-hybridized carbons (Fsp3) is 0.0833. The summed E-state index contributed by atoms with van der Waals surface area (Å²) in [5, 5.41) is 5.24. The number of amides is 1. The normalized spacial score (nSPS) is 10.7. The molecule has 0 aliphatic carbocycles. The fourth-order valence-corrected chi connectivity index (χ4v) is 3.70. The van der Waals surface area contributed by atoms with Crippen LogP contribution in [0.3, 0.4) is 0 Å². The van der Waals surface area contributed by atoms with E-state index in [0.29, 0.717) is 27.7 Å². The number of aromatic nitrogens is 1. The lowest BCUT2D eigenvalue weighted by molar-refractivity contribution is 0.102. The van der Waals surface area contributed by atoms with Crippen molar-refractivity contribution in [3.05, 3.63) is 101 Å². The Morgan fingerprint density at radius 3 is 2.35 bits per heavy atom. The molecule has 0 atom stereocenters. The summed E-state index contributed by atoms with van der Waals surface area (Å²) >= 11 is 1.37. The van der Waals surface area contributed by atoms with E-state index >= 15 is 0 Å². The van der Waals surface area contributed by atoms with E-state index < -0.39 is 11.6 Å². The summed E-state index contributed by atoms with van der Waals surface area (Å²) in [4.78, 5) is 16.8. The quantitative estimate of drug-likeness (QED) is 0.390. The Morgan fingerprint density at radius 2 is 1.68 bits per heavy atom. The van der Waals surface area contributed by atoms with Gasteiger partial charge in [-0.1, -0.05) is 17.7 Å². The van der Waals surface area contributed by atoms with Crippen LogP contribution in [0.5, 0.6) is 5.75 Å². The summed E-state index contributed by atoms with van der Waals surface area (Å²) in [6.45, 7) is 2.03. The van der Waals surface area contributed by atoms with Crippen molar-refractivity contribution < 1.29 is 18.3 Å². The van der Waals surface area contributed by atoms with Crippen molar-refractivity contribution in [3.8, 4) is 16.3 Å². The van der Waals surface area contributed by atoms with Crippen molar-refractivity contribution in [2.45, 2.75) is 13.5 Å². The smallest absolute Gasteiger partial charge is 0.275 e. The van der Waals surface area contributed by atoms with E-state index in [0.717, 1.165) is 17.2 Å². The number of anilines is 1. The molecule has 0 bridgehead atoms. The molecule has 4 nitrogen and oxygen atoms in total. The first-order valence-electron chi connectivity index (χ1n) is 9.48. The monoisotopic (exact) mass is 436 g/mol. The van der Waals surface area contributed by atoms with Gasteiger partial charge in [0.15, 0.2) is 0 Å². The molecule has 1 aromatic heterocycles. The highest BCUT2D eigenvalue weighted by atomic mass is 32.1. The molecule has 1 heterocycles. The highest BCUT2D eigenvalue weighted by Crippen LogP contribution is 2.26. The Kier molecular flexibility index (Phi) is 6.04. The second-order valence-corrected chi connectivity index (χ2v) is 7.81. The minimum Gasteiger partial charge on any atom is -0.489 e. The van der Waals surface area contributed by atoms with Crippen LogP contribution >= 0.6 is 11.3 Å². The first-order valence-corrected chi connectivity index (χ1v) is 10.4. The number of halogens is 2. The van der Waals surface area contributed by atoms with Gasteiger partial charge in [0.05, 0.1) is 0 Å². The van der Waals surface area contributed by atoms with Gasteiger partial charge in [0, 0.05) is 22.7 Å². The van der Waals surface area contributed by atoms with Crippen LogP contribution in [0.1, 0.15) is 21.6 Å². The zero-order valence-electron chi connectivity index (χ0n) is 16.6. The molecule has 0 aliphatic heterocycles. The number of hydrogen-bond acceptors (Lipinski definition) is 4. The summed E-state index contributed by atoms with van der Waals surface area (Å²) in [5.41, 5.74) is 3.41. The van der Waals surface area contributed by atoms with Crippen molar-refractivity contribution in [1.29, 1.82) is 0 Å². The van der Waals surface area contributed by atoms with Gasteiger partial charge in [-0.15, -0.1) is 11.3 Å². The van der Waals surface area contributed by atoms with Crippen molar-refractivity contribution in [2.24, 2.45) is 0 Å². The topological polar surface area (TPSA) is 51.2 Å². The summed E-state index contributed by atoms with van der Waals surface area (Å²) in [6.07, 6.45) is 0. The maximum atomic E-state index is 13.3. The minimum atomic E-state index is -0.639. The van der Waals surface area contributed by atoms with E-state index in [9.17, 15) is 13.6 Å². The number of rotatable bonds is 6. The number of aryl methyl sites for hydroxylation is 1.